The van der Waals surface area contributed by atoms with Crippen LogP contribution in [-0.2, 0) is 6.42 Å². The van der Waals surface area contributed by atoms with Crippen LogP contribution >= 0.6 is 0 Å². The largest absolute Gasteiger partial charge is 0.464 e. The third-order valence-electron chi connectivity index (χ3n) is 2.55. The first-order valence-corrected chi connectivity index (χ1v) is 4.95. The van der Waals surface area contributed by atoms with Crippen molar-refractivity contribution in [2.75, 3.05) is 0 Å². The van der Waals surface area contributed by atoms with Crippen molar-refractivity contribution in [3.8, 4) is 11.3 Å². The number of aryl methyl sites for hydroxylation is 1. The molecule has 0 saturated carbocycles. The van der Waals surface area contributed by atoms with Crippen LogP contribution in [0.2, 0.25) is 0 Å². The molecule has 0 aliphatic heterocycles. The summed E-state index contributed by atoms with van der Waals surface area (Å²) >= 11 is 0. The Morgan fingerprint density at radius 1 is 1.14 bits per heavy atom. The number of rotatable bonds is 2. The van der Waals surface area contributed by atoms with Crippen LogP contribution in [0.25, 0.3) is 11.3 Å². The first-order valence-electron chi connectivity index (χ1n) is 4.95. The van der Waals surface area contributed by atoms with Crippen molar-refractivity contribution >= 4 is 0 Å². The minimum atomic E-state index is 0.963. The van der Waals surface area contributed by atoms with E-state index in [1.165, 1.54) is 16.7 Å². The molecule has 1 aromatic heterocycles. The molecule has 0 radical (unpaired) electrons. The van der Waals surface area contributed by atoms with Crippen LogP contribution in [0.5, 0.6) is 0 Å². The Balaban J connectivity index is 2.58. The molecule has 1 heterocycles. The van der Waals surface area contributed by atoms with Crippen LogP contribution in [0, 0.1) is 6.92 Å². The second-order valence-electron chi connectivity index (χ2n) is 3.43. The third-order valence-corrected chi connectivity index (χ3v) is 2.55. The Labute approximate surface area is 84.4 Å². The smallest absolute Gasteiger partial charge is 0.134 e. The molecule has 1 heteroatoms. The van der Waals surface area contributed by atoms with Gasteiger partial charge in [0, 0.05) is 5.56 Å². The molecule has 72 valence electrons. The molecule has 1 aromatic carbocycles. The fourth-order valence-corrected chi connectivity index (χ4v) is 1.83. The molecular formula is C13H14O. The molecule has 1 nitrogen and oxygen atoms in total. The average Bonchev–Trinajstić information content (AvgIpc) is 2.70. The molecule has 2 rings (SSSR count). The maximum Gasteiger partial charge on any atom is 0.134 e. The van der Waals surface area contributed by atoms with Gasteiger partial charge in [0.05, 0.1) is 6.26 Å². The molecule has 0 atom stereocenters. The SMILES string of the molecule is CCc1c(C)cccc1-c1ccco1. The Hall–Kier alpha value is -1.50. The summed E-state index contributed by atoms with van der Waals surface area (Å²) in [5, 5.41) is 0. The van der Waals surface area contributed by atoms with E-state index in [4.69, 9.17) is 4.42 Å². The average molecular weight is 186 g/mol. The van der Waals surface area contributed by atoms with E-state index in [-0.39, 0.29) is 0 Å². The van der Waals surface area contributed by atoms with Crippen LogP contribution < -0.4 is 0 Å². The predicted octanol–water partition coefficient (Wildman–Crippen LogP) is 3.82. The summed E-state index contributed by atoms with van der Waals surface area (Å²) in [7, 11) is 0. The molecule has 0 N–H and O–H groups in total. The van der Waals surface area contributed by atoms with Crippen LogP contribution in [0.3, 0.4) is 0 Å². The summed E-state index contributed by atoms with van der Waals surface area (Å²) < 4.78 is 5.42. The first-order chi connectivity index (χ1) is 6.83. The number of hydrogen-bond acceptors (Lipinski definition) is 1. The van der Waals surface area contributed by atoms with Crippen LogP contribution in [0.15, 0.2) is 41.0 Å². The lowest BCUT2D eigenvalue weighted by molar-refractivity contribution is 0.581. The van der Waals surface area contributed by atoms with E-state index in [1.807, 2.05) is 12.1 Å². The standard InChI is InChI=1S/C13H14O/c1-3-11-10(2)6-4-7-12(11)13-8-5-9-14-13/h4-9H,3H2,1-2H3. The van der Waals surface area contributed by atoms with E-state index in [1.54, 1.807) is 6.26 Å². The lowest BCUT2D eigenvalue weighted by atomic mass is 9.98. The second-order valence-corrected chi connectivity index (χ2v) is 3.43. The Bertz CT molecular complexity index is 413. The topological polar surface area (TPSA) is 13.1 Å². The highest BCUT2D eigenvalue weighted by Crippen LogP contribution is 2.26. The van der Waals surface area contributed by atoms with Gasteiger partial charge in [0.15, 0.2) is 0 Å². The van der Waals surface area contributed by atoms with E-state index in [2.05, 4.69) is 32.0 Å². The van der Waals surface area contributed by atoms with E-state index < -0.39 is 0 Å². The fraction of sp³-hybridized carbons (Fsp3) is 0.231. The van der Waals surface area contributed by atoms with E-state index in [0.29, 0.717) is 0 Å². The molecule has 2 aromatic rings. The van der Waals surface area contributed by atoms with Gasteiger partial charge in [0.25, 0.3) is 0 Å². The summed E-state index contributed by atoms with van der Waals surface area (Å²) in [5.74, 6) is 0.963. The van der Waals surface area contributed by atoms with Crippen molar-refractivity contribution in [1.82, 2.24) is 0 Å². The molecule has 0 fully saturated rings. The van der Waals surface area contributed by atoms with Crippen molar-refractivity contribution in [1.29, 1.82) is 0 Å². The summed E-state index contributed by atoms with van der Waals surface area (Å²) in [6.45, 7) is 4.32. The van der Waals surface area contributed by atoms with Crippen molar-refractivity contribution in [2.45, 2.75) is 20.3 Å². The van der Waals surface area contributed by atoms with Gasteiger partial charge in [-0.1, -0.05) is 25.1 Å². The Kier molecular flexibility index (Phi) is 2.40. The zero-order valence-corrected chi connectivity index (χ0v) is 8.58. The van der Waals surface area contributed by atoms with Crippen molar-refractivity contribution in [3.05, 3.63) is 47.7 Å². The van der Waals surface area contributed by atoms with Gasteiger partial charge in [0.1, 0.15) is 5.76 Å². The Morgan fingerprint density at radius 2 is 2.00 bits per heavy atom. The fourth-order valence-electron chi connectivity index (χ4n) is 1.83. The quantitative estimate of drug-likeness (QED) is 0.695. The van der Waals surface area contributed by atoms with Gasteiger partial charge in [-0.3, -0.25) is 0 Å². The summed E-state index contributed by atoms with van der Waals surface area (Å²) in [6.07, 6.45) is 2.76. The number of benzene rings is 1. The van der Waals surface area contributed by atoms with Gasteiger partial charge in [-0.2, -0.15) is 0 Å². The molecule has 0 aliphatic rings. The van der Waals surface area contributed by atoms with E-state index in [0.717, 1.165) is 12.2 Å². The minimum Gasteiger partial charge on any atom is -0.464 e. The molecule has 14 heavy (non-hydrogen) atoms. The first kappa shape index (κ1) is 9.07. The zero-order chi connectivity index (χ0) is 9.97. The minimum absolute atomic E-state index is 0.963. The molecule has 0 spiro atoms. The molecular weight excluding hydrogens is 172 g/mol. The molecule has 0 aliphatic carbocycles. The molecule has 0 amide bonds. The summed E-state index contributed by atoms with van der Waals surface area (Å²) in [6, 6.07) is 10.3. The summed E-state index contributed by atoms with van der Waals surface area (Å²) in [5.41, 5.74) is 3.93. The van der Waals surface area contributed by atoms with E-state index >= 15 is 0 Å². The normalized spacial score (nSPS) is 10.4. The molecule has 0 saturated heterocycles. The number of furan rings is 1. The molecule has 0 bridgehead atoms. The maximum absolute atomic E-state index is 5.42. The van der Waals surface area contributed by atoms with Crippen LogP contribution in [-0.4, -0.2) is 0 Å². The maximum atomic E-state index is 5.42. The highest BCUT2D eigenvalue weighted by molar-refractivity contribution is 5.63. The van der Waals surface area contributed by atoms with Gasteiger partial charge in [0.2, 0.25) is 0 Å². The van der Waals surface area contributed by atoms with Crippen LogP contribution in [0.4, 0.5) is 0 Å². The highest BCUT2D eigenvalue weighted by atomic mass is 16.3. The van der Waals surface area contributed by atoms with Crippen LogP contribution in [0.1, 0.15) is 18.1 Å². The molecule has 0 unspecified atom stereocenters. The Morgan fingerprint density at radius 3 is 2.64 bits per heavy atom. The van der Waals surface area contributed by atoms with Gasteiger partial charge in [-0.25, -0.2) is 0 Å². The van der Waals surface area contributed by atoms with Gasteiger partial charge in [-0.05, 0) is 36.6 Å². The lowest BCUT2D eigenvalue weighted by Crippen LogP contribution is -1.90. The zero-order valence-electron chi connectivity index (χ0n) is 8.58. The van der Waals surface area contributed by atoms with E-state index in [9.17, 15) is 0 Å². The lowest BCUT2D eigenvalue weighted by Gasteiger charge is -2.08. The predicted molar refractivity (Wildman–Crippen MR) is 58.3 cm³/mol. The second kappa shape index (κ2) is 3.70. The summed E-state index contributed by atoms with van der Waals surface area (Å²) in [4.78, 5) is 0. The van der Waals surface area contributed by atoms with Crippen molar-refractivity contribution in [2.24, 2.45) is 0 Å². The number of hydrogen-bond donors (Lipinski definition) is 0. The monoisotopic (exact) mass is 186 g/mol. The van der Waals surface area contributed by atoms with Crippen molar-refractivity contribution < 1.29 is 4.42 Å². The van der Waals surface area contributed by atoms with Gasteiger partial charge >= 0.3 is 0 Å². The highest BCUT2D eigenvalue weighted by Gasteiger charge is 2.07. The van der Waals surface area contributed by atoms with Gasteiger partial charge < -0.3 is 4.42 Å². The van der Waals surface area contributed by atoms with Gasteiger partial charge in [-0.15, -0.1) is 0 Å². The van der Waals surface area contributed by atoms with Crippen molar-refractivity contribution in [3.63, 3.8) is 0 Å². The third kappa shape index (κ3) is 1.46.